The molecule has 0 bridgehead atoms. The van der Waals surface area contributed by atoms with Crippen LogP contribution < -0.4 is 10.2 Å². The molecule has 0 radical (unpaired) electrons. The van der Waals surface area contributed by atoms with Gasteiger partial charge < -0.3 is 5.32 Å². The minimum atomic E-state index is -1.13. The SMILES string of the molecule is O=C(NCc1ccccc1)[C@@H](c1ccc(F)cc1)N(C(=O)Cc1cccs1)c1cccc(F)c1. The van der Waals surface area contributed by atoms with Crippen molar-refractivity contribution in [2.75, 3.05) is 4.90 Å². The van der Waals surface area contributed by atoms with Crippen LogP contribution in [0.3, 0.4) is 0 Å². The van der Waals surface area contributed by atoms with Gasteiger partial charge in [-0.05, 0) is 52.9 Å². The van der Waals surface area contributed by atoms with E-state index in [9.17, 15) is 18.4 Å². The molecule has 172 valence electrons. The lowest BCUT2D eigenvalue weighted by molar-refractivity contribution is -0.126. The third-order valence-corrected chi connectivity index (χ3v) is 6.14. The zero-order chi connectivity index (χ0) is 23.9. The average Bonchev–Trinajstić information content (AvgIpc) is 3.35. The van der Waals surface area contributed by atoms with Crippen LogP contribution in [0.15, 0.2) is 96.4 Å². The van der Waals surface area contributed by atoms with Crippen molar-refractivity contribution in [3.8, 4) is 0 Å². The monoisotopic (exact) mass is 476 g/mol. The van der Waals surface area contributed by atoms with Crippen molar-refractivity contribution in [3.05, 3.63) is 124 Å². The number of carbonyl (C=O) groups is 2. The average molecular weight is 477 g/mol. The van der Waals surface area contributed by atoms with Gasteiger partial charge in [-0.1, -0.05) is 54.6 Å². The van der Waals surface area contributed by atoms with Crippen molar-refractivity contribution in [1.82, 2.24) is 5.32 Å². The van der Waals surface area contributed by atoms with Crippen LogP contribution in [0.4, 0.5) is 14.5 Å². The van der Waals surface area contributed by atoms with Crippen LogP contribution >= 0.6 is 11.3 Å². The second kappa shape index (κ2) is 10.9. The number of amides is 2. The Labute approximate surface area is 200 Å². The van der Waals surface area contributed by atoms with Crippen LogP contribution in [0.2, 0.25) is 0 Å². The number of hydrogen-bond acceptors (Lipinski definition) is 3. The quantitative estimate of drug-likeness (QED) is 0.357. The van der Waals surface area contributed by atoms with E-state index in [2.05, 4.69) is 5.32 Å². The van der Waals surface area contributed by atoms with Crippen molar-refractivity contribution in [2.24, 2.45) is 0 Å². The van der Waals surface area contributed by atoms with Gasteiger partial charge in [0.15, 0.2) is 0 Å². The molecule has 0 spiro atoms. The summed E-state index contributed by atoms with van der Waals surface area (Å²) in [4.78, 5) is 29.2. The molecular formula is C27H22F2N2O2S. The fraction of sp³-hybridized carbons (Fsp3) is 0.111. The number of rotatable bonds is 8. The molecule has 34 heavy (non-hydrogen) atoms. The molecule has 0 aliphatic heterocycles. The summed E-state index contributed by atoms with van der Waals surface area (Å²) in [6.45, 7) is 0.244. The molecule has 0 fully saturated rings. The summed E-state index contributed by atoms with van der Waals surface area (Å²) >= 11 is 1.42. The molecule has 0 aliphatic carbocycles. The van der Waals surface area contributed by atoms with Crippen molar-refractivity contribution < 1.29 is 18.4 Å². The number of anilines is 1. The molecule has 4 aromatic rings. The zero-order valence-electron chi connectivity index (χ0n) is 18.2. The van der Waals surface area contributed by atoms with Gasteiger partial charge in [0.1, 0.15) is 17.7 Å². The maximum absolute atomic E-state index is 14.2. The first-order chi connectivity index (χ1) is 16.5. The highest BCUT2D eigenvalue weighted by Crippen LogP contribution is 2.30. The largest absolute Gasteiger partial charge is 0.350 e. The Balaban J connectivity index is 1.73. The number of halogens is 2. The summed E-state index contributed by atoms with van der Waals surface area (Å²) in [7, 11) is 0. The van der Waals surface area contributed by atoms with E-state index in [0.29, 0.717) is 5.56 Å². The van der Waals surface area contributed by atoms with Gasteiger partial charge in [-0.15, -0.1) is 11.3 Å². The lowest BCUT2D eigenvalue weighted by Gasteiger charge is -2.31. The molecule has 0 saturated carbocycles. The molecule has 0 saturated heterocycles. The van der Waals surface area contributed by atoms with E-state index >= 15 is 0 Å². The topological polar surface area (TPSA) is 49.4 Å². The molecule has 1 aromatic heterocycles. The Morgan fingerprint density at radius 1 is 0.853 bits per heavy atom. The van der Waals surface area contributed by atoms with Crippen LogP contribution in [0.25, 0.3) is 0 Å². The summed E-state index contributed by atoms with van der Waals surface area (Å²) in [5, 5.41) is 4.73. The molecule has 0 unspecified atom stereocenters. The molecular weight excluding hydrogens is 454 g/mol. The van der Waals surface area contributed by atoms with E-state index in [4.69, 9.17) is 0 Å². The summed E-state index contributed by atoms with van der Waals surface area (Å²) < 4.78 is 27.9. The van der Waals surface area contributed by atoms with E-state index in [0.717, 1.165) is 10.4 Å². The molecule has 7 heteroatoms. The standard InChI is InChI=1S/C27H22F2N2O2S/c28-21-13-11-20(12-14-21)26(27(33)30-18-19-6-2-1-3-7-19)31(23-9-4-8-22(29)16-23)25(32)17-24-10-5-15-34-24/h1-16,26H,17-18H2,(H,30,33)/t26-/m1/s1. The molecule has 4 rings (SSSR count). The molecule has 4 nitrogen and oxygen atoms in total. The Morgan fingerprint density at radius 3 is 2.29 bits per heavy atom. The van der Waals surface area contributed by atoms with Gasteiger partial charge in [0, 0.05) is 17.1 Å². The lowest BCUT2D eigenvalue weighted by atomic mass is 10.0. The van der Waals surface area contributed by atoms with Crippen molar-refractivity contribution >= 4 is 28.8 Å². The van der Waals surface area contributed by atoms with Crippen molar-refractivity contribution in [1.29, 1.82) is 0 Å². The maximum Gasteiger partial charge on any atom is 0.248 e. The van der Waals surface area contributed by atoms with Crippen LogP contribution in [0.5, 0.6) is 0 Å². The summed E-state index contributed by atoms with van der Waals surface area (Å²) in [5.74, 6) is -1.83. The van der Waals surface area contributed by atoms with Gasteiger partial charge in [-0.2, -0.15) is 0 Å². The van der Waals surface area contributed by atoms with Gasteiger partial charge >= 0.3 is 0 Å². The Hall–Kier alpha value is -3.84. The Kier molecular flexibility index (Phi) is 7.44. The van der Waals surface area contributed by atoms with Gasteiger partial charge in [0.05, 0.1) is 6.42 Å². The maximum atomic E-state index is 14.2. The predicted octanol–water partition coefficient (Wildman–Crippen LogP) is 5.66. The van der Waals surface area contributed by atoms with Crippen molar-refractivity contribution in [3.63, 3.8) is 0 Å². The highest BCUT2D eigenvalue weighted by Gasteiger charge is 2.33. The molecule has 1 N–H and O–H groups in total. The summed E-state index contributed by atoms with van der Waals surface area (Å²) in [5.41, 5.74) is 1.54. The van der Waals surface area contributed by atoms with Gasteiger partial charge in [0.2, 0.25) is 11.8 Å². The van der Waals surface area contributed by atoms with Crippen LogP contribution in [-0.2, 0) is 22.6 Å². The normalized spacial score (nSPS) is 11.6. The molecule has 0 aliphatic rings. The number of nitrogens with zero attached hydrogens (tertiary/aromatic N) is 1. The third kappa shape index (κ3) is 5.74. The van der Waals surface area contributed by atoms with E-state index in [-0.39, 0.29) is 24.6 Å². The molecule has 3 aromatic carbocycles. The van der Waals surface area contributed by atoms with E-state index < -0.39 is 23.6 Å². The first-order valence-corrected chi connectivity index (χ1v) is 11.6. The number of nitrogens with one attached hydrogen (secondary N) is 1. The molecule has 1 atom stereocenters. The number of hydrogen-bond donors (Lipinski definition) is 1. The predicted molar refractivity (Wildman–Crippen MR) is 129 cm³/mol. The van der Waals surface area contributed by atoms with E-state index in [1.807, 2.05) is 47.8 Å². The van der Waals surface area contributed by atoms with Crippen LogP contribution in [-0.4, -0.2) is 11.8 Å². The van der Waals surface area contributed by atoms with E-state index in [1.165, 1.54) is 58.7 Å². The molecule has 2 amide bonds. The van der Waals surface area contributed by atoms with Gasteiger partial charge in [0.25, 0.3) is 0 Å². The first-order valence-electron chi connectivity index (χ1n) is 10.7. The summed E-state index contributed by atoms with van der Waals surface area (Å²) in [6.07, 6.45) is 0.0395. The van der Waals surface area contributed by atoms with Gasteiger partial charge in [-0.25, -0.2) is 8.78 Å². The fourth-order valence-corrected chi connectivity index (χ4v) is 4.35. The minimum absolute atomic E-state index is 0.0395. The fourth-order valence-electron chi connectivity index (χ4n) is 3.65. The highest BCUT2D eigenvalue weighted by atomic mass is 32.1. The van der Waals surface area contributed by atoms with Crippen LogP contribution in [0.1, 0.15) is 22.0 Å². The lowest BCUT2D eigenvalue weighted by Crippen LogP contribution is -2.44. The third-order valence-electron chi connectivity index (χ3n) is 5.26. The number of benzene rings is 3. The highest BCUT2D eigenvalue weighted by molar-refractivity contribution is 7.10. The van der Waals surface area contributed by atoms with Gasteiger partial charge in [-0.3, -0.25) is 14.5 Å². The first kappa shape index (κ1) is 23.3. The second-order valence-electron chi connectivity index (χ2n) is 7.66. The van der Waals surface area contributed by atoms with Crippen LogP contribution in [0, 0.1) is 11.6 Å². The number of thiophene rings is 1. The smallest absolute Gasteiger partial charge is 0.248 e. The Morgan fingerprint density at radius 2 is 1.62 bits per heavy atom. The Bertz CT molecular complexity index is 1250. The second-order valence-corrected chi connectivity index (χ2v) is 8.69. The molecule has 1 heterocycles. The summed E-state index contributed by atoms with van der Waals surface area (Å²) in [6, 6.07) is 22.8. The van der Waals surface area contributed by atoms with E-state index in [1.54, 1.807) is 6.07 Å². The minimum Gasteiger partial charge on any atom is -0.350 e. The zero-order valence-corrected chi connectivity index (χ0v) is 19.0. The van der Waals surface area contributed by atoms with Crippen molar-refractivity contribution in [2.45, 2.75) is 19.0 Å². The number of carbonyl (C=O) groups excluding carboxylic acids is 2.